The van der Waals surface area contributed by atoms with Gasteiger partial charge in [-0.05, 0) is 0 Å². The molecule has 0 radical (unpaired) electrons. The average Bonchev–Trinajstić information content (AvgIpc) is 2.14. The molecule has 0 saturated heterocycles. The van der Waals surface area contributed by atoms with Crippen molar-refractivity contribution in [3.63, 3.8) is 0 Å². The Labute approximate surface area is 110 Å². The van der Waals surface area contributed by atoms with E-state index in [4.69, 9.17) is 0 Å². The van der Waals surface area contributed by atoms with Crippen LogP contribution in [0, 0.1) is 0 Å². The fraction of sp³-hybridized carbons (Fsp3) is 0.571. The van der Waals surface area contributed by atoms with Crippen molar-refractivity contribution in [2.75, 3.05) is 0 Å². The molecule has 0 bridgehead atoms. The minimum absolute atomic E-state index is 0.265. The van der Waals surface area contributed by atoms with E-state index in [9.17, 15) is 14.7 Å². The third-order valence-electron chi connectivity index (χ3n) is 3.39. The summed E-state index contributed by atoms with van der Waals surface area (Å²) in [5.41, 5.74) is 0.504. The topological polar surface area (TPSA) is 60.7 Å². The molecule has 1 rings (SSSR count). The summed E-state index contributed by atoms with van der Waals surface area (Å²) >= 11 is 0. The predicted molar refractivity (Wildman–Crippen MR) is 78.1 cm³/mol. The van der Waals surface area contributed by atoms with E-state index in [1.54, 1.807) is 32.9 Å². The molecule has 0 unspecified atom stereocenters. The molecule has 0 aliphatic carbocycles. The van der Waals surface area contributed by atoms with E-state index in [-0.39, 0.29) is 10.7 Å². The first-order chi connectivity index (χ1) is 7.76. The summed E-state index contributed by atoms with van der Waals surface area (Å²) in [6.07, 6.45) is 0. The van der Waals surface area contributed by atoms with Gasteiger partial charge in [-0.1, -0.05) is 0 Å². The Morgan fingerprint density at radius 1 is 0.833 bits per heavy atom. The van der Waals surface area contributed by atoms with Crippen molar-refractivity contribution in [1.29, 1.82) is 0 Å². The molecule has 0 aliphatic heterocycles. The molecule has 3 N–H and O–H groups in total. The molecule has 3 nitrogen and oxygen atoms in total. The number of hydrogen-bond acceptors (Lipinski definition) is 3. The van der Waals surface area contributed by atoms with Gasteiger partial charge in [0.15, 0.2) is 0 Å². The second kappa shape index (κ2) is 4.01. The van der Waals surface area contributed by atoms with Crippen molar-refractivity contribution in [3.8, 4) is 0 Å². The molecule has 1 aromatic rings. The Morgan fingerprint density at radius 2 is 1.28 bits per heavy atom. The molecule has 4 heteroatoms. The van der Waals surface area contributed by atoms with Crippen LogP contribution in [0.25, 0.3) is 0 Å². The summed E-state index contributed by atoms with van der Waals surface area (Å²) in [6, 6.07) is 7.02. The molecule has 0 fully saturated rings. The van der Waals surface area contributed by atoms with Gasteiger partial charge in [0.25, 0.3) is 0 Å². The molecule has 18 heavy (non-hydrogen) atoms. The van der Waals surface area contributed by atoms with Crippen molar-refractivity contribution in [1.82, 2.24) is 0 Å². The SMILES string of the molecule is CC(C)(C)c1ccccc1P(O)(O)(O)C(C)(C)C. The molecule has 0 saturated carbocycles. The maximum atomic E-state index is 10.6. The molecule has 0 spiro atoms. The monoisotopic (exact) mass is 272 g/mol. The molecule has 0 atom stereocenters. The van der Waals surface area contributed by atoms with E-state index in [2.05, 4.69) is 0 Å². The fourth-order valence-corrected chi connectivity index (χ4v) is 3.77. The second-order valence-corrected chi connectivity index (χ2v) is 10.7. The van der Waals surface area contributed by atoms with Crippen LogP contribution in [0.4, 0.5) is 0 Å². The van der Waals surface area contributed by atoms with E-state index >= 15 is 0 Å². The zero-order valence-corrected chi connectivity index (χ0v) is 13.0. The molecule has 0 aliphatic rings. The first-order valence-electron chi connectivity index (χ1n) is 6.12. The van der Waals surface area contributed by atoms with Crippen LogP contribution in [0.15, 0.2) is 24.3 Å². The molecular formula is C14H25O3P. The Bertz CT molecular complexity index is 445. The Hall–Kier alpha value is -0.470. The third kappa shape index (κ3) is 2.46. The van der Waals surface area contributed by atoms with Crippen LogP contribution in [0.5, 0.6) is 0 Å². The van der Waals surface area contributed by atoms with Gasteiger partial charge in [0, 0.05) is 0 Å². The van der Waals surface area contributed by atoms with Gasteiger partial charge >= 0.3 is 109 Å². The molecular weight excluding hydrogens is 247 g/mol. The maximum absolute atomic E-state index is 10.6. The quantitative estimate of drug-likeness (QED) is 0.689. The van der Waals surface area contributed by atoms with Gasteiger partial charge in [-0.3, -0.25) is 0 Å². The van der Waals surface area contributed by atoms with Crippen LogP contribution in [0.2, 0.25) is 0 Å². The van der Waals surface area contributed by atoms with Crippen LogP contribution in [0.3, 0.4) is 0 Å². The summed E-state index contributed by atoms with van der Waals surface area (Å²) in [5, 5.41) is -0.740. The van der Waals surface area contributed by atoms with Crippen LogP contribution in [0.1, 0.15) is 47.1 Å². The van der Waals surface area contributed by atoms with Gasteiger partial charge in [0.1, 0.15) is 0 Å². The zero-order chi connectivity index (χ0) is 14.4. The van der Waals surface area contributed by atoms with Crippen LogP contribution >= 0.6 is 7.28 Å². The van der Waals surface area contributed by atoms with Crippen molar-refractivity contribution < 1.29 is 14.7 Å². The predicted octanol–water partition coefficient (Wildman–Crippen LogP) is 2.68. The minimum atomic E-state index is -4.92. The average molecular weight is 272 g/mol. The summed E-state index contributed by atoms with van der Waals surface area (Å²) < 4.78 is 0. The van der Waals surface area contributed by atoms with Crippen molar-refractivity contribution in [3.05, 3.63) is 29.8 Å². The second-order valence-electron chi connectivity index (χ2n) is 6.92. The van der Waals surface area contributed by atoms with E-state index in [1.165, 1.54) is 0 Å². The van der Waals surface area contributed by atoms with Gasteiger partial charge < -0.3 is 0 Å². The van der Waals surface area contributed by atoms with Gasteiger partial charge in [-0.25, -0.2) is 0 Å². The molecule has 0 heterocycles. The van der Waals surface area contributed by atoms with E-state index in [0.717, 1.165) is 5.56 Å². The normalized spacial score (nSPS) is 16.2. The third-order valence-corrected chi connectivity index (χ3v) is 7.14. The van der Waals surface area contributed by atoms with E-state index in [1.807, 2.05) is 32.9 Å². The summed E-state index contributed by atoms with van der Waals surface area (Å²) in [5.74, 6) is 0. The van der Waals surface area contributed by atoms with Crippen molar-refractivity contribution >= 4 is 12.6 Å². The Balaban J connectivity index is 3.63. The number of rotatable bonds is 1. The Kier molecular flexibility index (Phi) is 3.47. The summed E-state index contributed by atoms with van der Waals surface area (Å²) in [7, 11) is -4.92. The zero-order valence-electron chi connectivity index (χ0n) is 12.1. The Morgan fingerprint density at radius 3 is 1.67 bits per heavy atom. The molecule has 1 aromatic carbocycles. The fourth-order valence-electron chi connectivity index (χ4n) is 1.83. The number of hydrogen-bond donors (Lipinski definition) is 3. The van der Waals surface area contributed by atoms with Crippen molar-refractivity contribution in [2.24, 2.45) is 0 Å². The molecule has 104 valence electrons. The van der Waals surface area contributed by atoms with E-state index in [0.29, 0.717) is 0 Å². The van der Waals surface area contributed by atoms with Crippen LogP contribution in [-0.2, 0) is 5.41 Å². The van der Waals surface area contributed by atoms with Gasteiger partial charge in [0.05, 0.1) is 0 Å². The number of benzene rings is 1. The van der Waals surface area contributed by atoms with Crippen LogP contribution < -0.4 is 5.30 Å². The van der Waals surface area contributed by atoms with Gasteiger partial charge in [-0.15, -0.1) is 0 Å². The summed E-state index contributed by atoms with van der Waals surface area (Å²) in [6.45, 7) is 10.9. The molecule has 0 aromatic heterocycles. The first kappa shape index (κ1) is 15.6. The van der Waals surface area contributed by atoms with E-state index < -0.39 is 12.4 Å². The van der Waals surface area contributed by atoms with Crippen molar-refractivity contribution in [2.45, 2.75) is 52.1 Å². The summed E-state index contributed by atoms with van der Waals surface area (Å²) in [4.78, 5) is 31.7. The van der Waals surface area contributed by atoms with Gasteiger partial charge in [-0.2, -0.15) is 0 Å². The van der Waals surface area contributed by atoms with Crippen LogP contribution in [-0.4, -0.2) is 19.8 Å². The first-order valence-corrected chi connectivity index (χ1v) is 8.22. The van der Waals surface area contributed by atoms with Gasteiger partial charge in [0.2, 0.25) is 0 Å². The standard InChI is InChI=1S/C14H25O3P/c1-13(2,3)11-9-7-8-10-12(11)18(15,16,17)14(4,5)6/h7-10,15-17H,1-6H3. The molecule has 0 amide bonds.